The van der Waals surface area contributed by atoms with E-state index in [1.54, 1.807) is 7.11 Å². The first-order valence-electron chi connectivity index (χ1n) is 6.31. The molecule has 104 valence electrons. The molecule has 1 heterocycles. The molecule has 5 nitrogen and oxygen atoms in total. The van der Waals surface area contributed by atoms with Crippen LogP contribution >= 0.6 is 0 Å². The second-order valence-corrected chi connectivity index (χ2v) is 5.45. The lowest BCUT2D eigenvalue weighted by Gasteiger charge is -2.32. The molecule has 0 saturated heterocycles. The molecule has 0 spiro atoms. The SMILES string of the molecule is COCCn1cc(C)nc1NCC(C)(C)N(C)C. The molecule has 0 aromatic carbocycles. The van der Waals surface area contributed by atoms with Crippen LogP contribution in [0.3, 0.4) is 0 Å². The normalized spacial score (nSPS) is 12.2. The number of ether oxygens (including phenoxy) is 1. The van der Waals surface area contributed by atoms with E-state index in [0.29, 0.717) is 6.61 Å². The highest BCUT2D eigenvalue weighted by Gasteiger charge is 2.20. The number of anilines is 1. The smallest absolute Gasteiger partial charge is 0.203 e. The predicted octanol–water partition coefficient (Wildman–Crippen LogP) is 1.59. The van der Waals surface area contributed by atoms with E-state index in [4.69, 9.17) is 4.74 Å². The van der Waals surface area contributed by atoms with E-state index in [9.17, 15) is 0 Å². The van der Waals surface area contributed by atoms with Gasteiger partial charge >= 0.3 is 0 Å². The zero-order valence-electron chi connectivity index (χ0n) is 12.4. The van der Waals surface area contributed by atoms with Gasteiger partial charge in [-0.1, -0.05) is 0 Å². The lowest BCUT2D eigenvalue weighted by atomic mass is 10.1. The van der Waals surface area contributed by atoms with Gasteiger partial charge in [0, 0.05) is 31.9 Å². The average Bonchev–Trinajstić information content (AvgIpc) is 2.64. The van der Waals surface area contributed by atoms with Crippen molar-refractivity contribution in [2.75, 3.05) is 39.7 Å². The number of rotatable bonds is 7. The Labute approximate surface area is 110 Å². The van der Waals surface area contributed by atoms with Crippen molar-refractivity contribution in [2.24, 2.45) is 0 Å². The maximum atomic E-state index is 5.11. The largest absolute Gasteiger partial charge is 0.383 e. The van der Waals surface area contributed by atoms with Crippen LogP contribution in [0.25, 0.3) is 0 Å². The van der Waals surface area contributed by atoms with Crippen LogP contribution < -0.4 is 5.32 Å². The van der Waals surface area contributed by atoms with Gasteiger partial charge in [-0.15, -0.1) is 0 Å². The number of nitrogens with one attached hydrogen (secondary N) is 1. The zero-order chi connectivity index (χ0) is 13.8. The van der Waals surface area contributed by atoms with Crippen molar-refractivity contribution in [1.29, 1.82) is 0 Å². The Hall–Kier alpha value is -1.07. The second kappa shape index (κ2) is 6.20. The van der Waals surface area contributed by atoms with E-state index >= 15 is 0 Å². The fraction of sp³-hybridized carbons (Fsp3) is 0.769. The van der Waals surface area contributed by atoms with Crippen LogP contribution in [0.2, 0.25) is 0 Å². The Morgan fingerprint density at radius 1 is 1.44 bits per heavy atom. The molecule has 18 heavy (non-hydrogen) atoms. The van der Waals surface area contributed by atoms with Gasteiger partial charge in [-0.05, 0) is 34.9 Å². The topological polar surface area (TPSA) is 42.3 Å². The molecule has 0 unspecified atom stereocenters. The molecule has 1 aromatic heterocycles. The number of hydrogen-bond donors (Lipinski definition) is 1. The predicted molar refractivity (Wildman–Crippen MR) is 75.1 cm³/mol. The quantitative estimate of drug-likeness (QED) is 0.802. The number of aryl methyl sites for hydroxylation is 1. The summed E-state index contributed by atoms with van der Waals surface area (Å²) in [6.07, 6.45) is 2.05. The molecular formula is C13H26N4O. The van der Waals surface area contributed by atoms with Gasteiger partial charge in [-0.25, -0.2) is 4.98 Å². The summed E-state index contributed by atoms with van der Waals surface area (Å²) in [5.41, 5.74) is 1.11. The number of nitrogens with zero attached hydrogens (tertiary/aromatic N) is 3. The Morgan fingerprint density at radius 3 is 2.67 bits per heavy atom. The van der Waals surface area contributed by atoms with Gasteiger partial charge < -0.3 is 19.5 Å². The van der Waals surface area contributed by atoms with E-state index in [2.05, 4.69) is 47.7 Å². The lowest BCUT2D eigenvalue weighted by Crippen LogP contribution is -2.44. The summed E-state index contributed by atoms with van der Waals surface area (Å²) in [6.45, 7) is 8.78. The van der Waals surface area contributed by atoms with E-state index in [1.807, 2.05) is 13.1 Å². The second-order valence-electron chi connectivity index (χ2n) is 5.45. The van der Waals surface area contributed by atoms with Crippen molar-refractivity contribution in [3.8, 4) is 0 Å². The summed E-state index contributed by atoms with van der Waals surface area (Å²) in [5, 5.41) is 3.42. The fourth-order valence-electron chi connectivity index (χ4n) is 1.50. The van der Waals surface area contributed by atoms with Crippen LogP contribution in [0.15, 0.2) is 6.20 Å². The summed E-state index contributed by atoms with van der Waals surface area (Å²) < 4.78 is 7.21. The van der Waals surface area contributed by atoms with Crippen molar-refractivity contribution in [1.82, 2.24) is 14.5 Å². The van der Waals surface area contributed by atoms with Crippen LogP contribution in [0.5, 0.6) is 0 Å². The maximum absolute atomic E-state index is 5.11. The monoisotopic (exact) mass is 254 g/mol. The third-order valence-electron chi connectivity index (χ3n) is 3.32. The molecule has 1 N–H and O–H groups in total. The van der Waals surface area contributed by atoms with Crippen LogP contribution in [-0.4, -0.2) is 54.3 Å². The summed E-state index contributed by atoms with van der Waals surface area (Å²) in [6, 6.07) is 0. The van der Waals surface area contributed by atoms with E-state index in [1.165, 1.54) is 0 Å². The van der Waals surface area contributed by atoms with Crippen molar-refractivity contribution in [2.45, 2.75) is 32.9 Å². The van der Waals surface area contributed by atoms with Crippen molar-refractivity contribution < 1.29 is 4.74 Å². The van der Waals surface area contributed by atoms with Gasteiger partial charge in [0.15, 0.2) is 0 Å². The van der Waals surface area contributed by atoms with Gasteiger partial charge in [-0.2, -0.15) is 0 Å². The highest BCUT2D eigenvalue weighted by Crippen LogP contribution is 2.13. The lowest BCUT2D eigenvalue weighted by molar-refractivity contribution is 0.187. The van der Waals surface area contributed by atoms with Gasteiger partial charge in [-0.3, -0.25) is 0 Å². The molecule has 1 aromatic rings. The Bertz CT molecular complexity index is 371. The Kier molecular flexibility index (Phi) is 5.16. The minimum atomic E-state index is 0.0892. The summed E-state index contributed by atoms with van der Waals surface area (Å²) >= 11 is 0. The molecule has 0 atom stereocenters. The van der Waals surface area contributed by atoms with Crippen LogP contribution in [0.1, 0.15) is 19.5 Å². The van der Waals surface area contributed by atoms with E-state index < -0.39 is 0 Å². The van der Waals surface area contributed by atoms with Crippen molar-refractivity contribution in [3.63, 3.8) is 0 Å². The zero-order valence-corrected chi connectivity index (χ0v) is 12.4. The number of methoxy groups -OCH3 is 1. The maximum Gasteiger partial charge on any atom is 0.203 e. The first-order chi connectivity index (χ1) is 8.36. The summed E-state index contributed by atoms with van der Waals surface area (Å²) in [5.74, 6) is 0.916. The molecule has 0 aliphatic carbocycles. The number of likely N-dealkylation sites (N-methyl/N-ethyl adjacent to an activating group) is 1. The van der Waals surface area contributed by atoms with Crippen LogP contribution in [0, 0.1) is 6.92 Å². The van der Waals surface area contributed by atoms with Crippen molar-refractivity contribution >= 4 is 5.95 Å². The van der Waals surface area contributed by atoms with Gasteiger partial charge in [0.1, 0.15) is 0 Å². The molecular weight excluding hydrogens is 228 g/mol. The third kappa shape index (κ3) is 3.99. The molecule has 1 rings (SSSR count). The van der Waals surface area contributed by atoms with Crippen LogP contribution in [-0.2, 0) is 11.3 Å². The summed E-state index contributed by atoms with van der Waals surface area (Å²) in [7, 11) is 5.89. The molecule has 0 saturated carbocycles. The highest BCUT2D eigenvalue weighted by atomic mass is 16.5. The number of imidazole rings is 1. The summed E-state index contributed by atoms with van der Waals surface area (Å²) in [4.78, 5) is 6.71. The molecule has 0 amide bonds. The molecule has 5 heteroatoms. The van der Waals surface area contributed by atoms with Crippen molar-refractivity contribution in [3.05, 3.63) is 11.9 Å². The molecule has 0 aliphatic heterocycles. The first-order valence-corrected chi connectivity index (χ1v) is 6.31. The van der Waals surface area contributed by atoms with Gasteiger partial charge in [0.05, 0.1) is 12.3 Å². The average molecular weight is 254 g/mol. The number of aromatic nitrogens is 2. The first kappa shape index (κ1) is 15.0. The minimum absolute atomic E-state index is 0.0892. The number of hydrogen-bond acceptors (Lipinski definition) is 4. The minimum Gasteiger partial charge on any atom is -0.383 e. The van der Waals surface area contributed by atoms with Gasteiger partial charge in [0.2, 0.25) is 5.95 Å². The molecule has 0 aliphatic rings. The Morgan fingerprint density at radius 2 is 2.11 bits per heavy atom. The van der Waals surface area contributed by atoms with E-state index in [-0.39, 0.29) is 5.54 Å². The fourth-order valence-corrected chi connectivity index (χ4v) is 1.50. The Balaban J connectivity index is 2.66. The molecule has 0 radical (unpaired) electrons. The molecule has 0 bridgehead atoms. The molecule has 0 fully saturated rings. The standard InChI is InChI=1S/C13H26N4O/c1-11-9-17(7-8-18-6)12(15-11)14-10-13(2,3)16(4)5/h9H,7-8,10H2,1-6H3,(H,14,15). The van der Waals surface area contributed by atoms with Crippen LogP contribution in [0.4, 0.5) is 5.95 Å². The van der Waals surface area contributed by atoms with E-state index in [0.717, 1.165) is 24.7 Å². The van der Waals surface area contributed by atoms with Gasteiger partial charge in [0.25, 0.3) is 0 Å². The third-order valence-corrected chi connectivity index (χ3v) is 3.32. The highest BCUT2D eigenvalue weighted by molar-refractivity contribution is 5.29.